The summed E-state index contributed by atoms with van der Waals surface area (Å²) in [5.41, 5.74) is 12.2. The zero-order chi connectivity index (χ0) is 49.9. The van der Waals surface area contributed by atoms with E-state index < -0.39 is 59.4 Å². The molecule has 10 atom stereocenters. The second-order valence-electron chi connectivity index (χ2n) is 22.1. The number of fused-ring (bicyclic) bond motifs is 7. The number of carbonyl (C=O) groups is 1. The number of aromatic hydroxyl groups is 1. The third kappa shape index (κ3) is 11.5. The topological polar surface area (TPSA) is 211 Å². The summed E-state index contributed by atoms with van der Waals surface area (Å²) in [6.45, 7) is 7.80. The Morgan fingerprint density at radius 3 is 2.56 bits per heavy atom. The molecule has 3 aliphatic carbocycles. The molecule has 382 valence electrons. The molecule has 13 nitrogen and oxygen atoms in total. The number of aliphatic imine (C=N–C) groups is 1. The molecule has 8 bridgehead atoms. The molecule has 2 fully saturated rings. The largest absolute Gasteiger partial charge is 0.504 e. The molecule has 13 heteroatoms. The standard InChI is InChI=1S/C58H77N5O8/c1-36-25-37(2)27-40(26-36)29-48-42-10-6-9-39(28-42)16-23-60-35-56-18-8-11-41-14-21-57(52(12-7-13-53(57)67)62-55(59)63-58(48)19-4-5-20-58)22-15-44(65)32-50(70-38(3)64)46(41)30-43-31-51(49(66)33-47(43)54(68)69)71-45(34-56)17-24-61-56/h6-7,9-10,12,25-28,31,33,41,44-46,48,50,52-54,60-61,65-69H,4-5,8,11,13,15-20,22-24,29-30,32,34-35H2,1-3H3,(H3,59,62,63)/t41-,44+,45-,46+,48+,50+,52-,53-,56-,57+/m1/s1. The number of hydrogen-bond donors (Lipinski definition) is 9. The third-order valence-corrected chi connectivity index (χ3v) is 16.9. The van der Waals surface area contributed by atoms with E-state index in [9.17, 15) is 30.3 Å². The molecule has 0 aromatic heterocycles. The number of nitrogens with one attached hydrogen (secondary N) is 3. The Labute approximate surface area is 420 Å². The summed E-state index contributed by atoms with van der Waals surface area (Å²) in [7, 11) is 0. The van der Waals surface area contributed by atoms with Gasteiger partial charge < -0.3 is 56.7 Å². The molecular weight excluding hydrogens is 895 g/mol. The van der Waals surface area contributed by atoms with Crippen LogP contribution in [0.15, 0.2) is 71.7 Å². The molecule has 3 aromatic rings. The van der Waals surface area contributed by atoms with Gasteiger partial charge in [-0.25, -0.2) is 4.99 Å². The number of aryl methyl sites for hydroxylation is 2. The van der Waals surface area contributed by atoms with Crippen LogP contribution in [0.4, 0.5) is 0 Å². The molecule has 3 aliphatic heterocycles. The number of nitrogens with zero attached hydrogens (tertiary/aromatic N) is 1. The van der Waals surface area contributed by atoms with E-state index in [2.05, 4.69) is 84.1 Å². The van der Waals surface area contributed by atoms with Gasteiger partial charge in [0.2, 0.25) is 0 Å². The van der Waals surface area contributed by atoms with Crippen LogP contribution in [0, 0.1) is 42.9 Å². The number of guanidine groups is 1. The summed E-state index contributed by atoms with van der Waals surface area (Å²) in [5.74, 6) is 6.31. The fourth-order valence-corrected chi connectivity index (χ4v) is 13.5. The van der Waals surface area contributed by atoms with E-state index >= 15 is 0 Å². The van der Waals surface area contributed by atoms with Crippen molar-refractivity contribution in [3.8, 4) is 23.3 Å². The monoisotopic (exact) mass is 972 g/mol. The maximum atomic E-state index is 13.0. The molecular formula is C58H77N5O8. The van der Waals surface area contributed by atoms with Crippen LogP contribution in [-0.2, 0) is 28.8 Å². The van der Waals surface area contributed by atoms with Gasteiger partial charge in [0.25, 0.3) is 0 Å². The molecule has 10 N–H and O–H groups in total. The number of hydrogen-bond acceptors (Lipinski definition) is 13. The molecule has 6 aliphatic rings. The highest BCUT2D eigenvalue weighted by Gasteiger charge is 2.48. The molecule has 0 radical (unpaired) electrons. The van der Waals surface area contributed by atoms with Gasteiger partial charge in [0, 0.05) is 60.7 Å². The van der Waals surface area contributed by atoms with Crippen LogP contribution in [0.5, 0.6) is 11.5 Å². The highest BCUT2D eigenvalue weighted by atomic mass is 16.5. The Morgan fingerprint density at radius 1 is 0.986 bits per heavy atom. The highest BCUT2D eigenvalue weighted by molar-refractivity contribution is 5.79. The summed E-state index contributed by atoms with van der Waals surface area (Å²) >= 11 is 0. The van der Waals surface area contributed by atoms with E-state index in [1.54, 1.807) is 6.07 Å². The number of benzene rings is 3. The van der Waals surface area contributed by atoms with Gasteiger partial charge in [-0.2, -0.15) is 0 Å². The predicted molar refractivity (Wildman–Crippen MR) is 275 cm³/mol. The Hall–Kier alpha value is -4.94. The van der Waals surface area contributed by atoms with Gasteiger partial charge in [0.1, 0.15) is 12.2 Å². The molecule has 3 aromatic carbocycles. The Balaban J connectivity index is 1.21. The number of esters is 1. The molecule has 1 saturated carbocycles. The van der Waals surface area contributed by atoms with E-state index in [-0.39, 0.29) is 53.9 Å². The minimum Gasteiger partial charge on any atom is -0.504 e. The van der Waals surface area contributed by atoms with Crippen LogP contribution >= 0.6 is 0 Å². The van der Waals surface area contributed by atoms with E-state index in [4.69, 9.17) is 20.2 Å². The molecule has 71 heavy (non-hydrogen) atoms. The third-order valence-electron chi connectivity index (χ3n) is 16.9. The smallest absolute Gasteiger partial charge is 0.302 e. The van der Waals surface area contributed by atoms with E-state index in [1.807, 2.05) is 12.2 Å². The fourth-order valence-electron chi connectivity index (χ4n) is 13.5. The predicted octanol–water partition coefficient (Wildman–Crippen LogP) is 6.37. The van der Waals surface area contributed by atoms with E-state index in [0.29, 0.717) is 56.7 Å². The average Bonchev–Trinajstić information content (AvgIpc) is 3.79. The number of rotatable bonds is 4. The van der Waals surface area contributed by atoms with Crippen LogP contribution in [-0.4, -0.2) is 98.6 Å². The zero-order valence-electron chi connectivity index (χ0n) is 42.0. The minimum atomic E-state index is -1.92. The fraction of sp³-hybridized carbons (Fsp3) is 0.586. The molecule has 3 heterocycles. The SMILES string of the molecule is CC(=O)O[C@H]1C[C@@H](O)CC[C@@]23C#C[C@H]4CCC[C@]5(CNCCc6cccc(c6)[C@H](Cc6cc(C)cc(C)c6)C6(CCCC6)NC(N)=N[C@@H]2C=CC[C@H]3O)C[C@@H](CCN5)Oc2cc(c(C(O)O)cc2O)C[C@H]14. The lowest BCUT2D eigenvalue weighted by molar-refractivity contribution is -0.152. The van der Waals surface area contributed by atoms with Crippen LogP contribution in [0.2, 0.25) is 0 Å². The van der Waals surface area contributed by atoms with Gasteiger partial charge in [-0.3, -0.25) is 4.79 Å². The number of piperidine rings is 1. The number of phenols is 1. The summed E-state index contributed by atoms with van der Waals surface area (Å²) < 4.78 is 12.9. The van der Waals surface area contributed by atoms with Crippen molar-refractivity contribution in [3.05, 3.63) is 106 Å². The lowest BCUT2D eigenvalue weighted by Crippen LogP contribution is -2.59. The number of carbonyl (C=O) groups excluding carboxylic acids is 1. The molecule has 0 amide bonds. The van der Waals surface area contributed by atoms with Crippen molar-refractivity contribution in [1.82, 2.24) is 16.0 Å². The number of aliphatic hydroxyl groups excluding tert-OH is 3. The summed E-state index contributed by atoms with van der Waals surface area (Å²) in [5, 5.41) is 69.0. The van der Waals surface area contributed by atoms with Crippen molar-refractivity contribution < 1.29 is 39.8 Å². The molecule has 0 unspecified atom stereocenters. The van der Waals surface area contributed by atoms with Gasteiger partial charge in [0.15, 0.2) is 23.7 Å². The number of phenolic OH excluding ortho intramolecular Hbond substituents is 1. The van der Waals surface area contributed by atoms with Crippen LogP contribution < -0.4 is 26.4 Å². The number of nitrogens with two attached hydrogens (primary N) is 1. The van der Waals surface area contributed by atoms with Crippen molar-refractivity contribution in [2.24, 2.45) is 28.0 Å². The Kier molecular flexibility index (Phi) is 15.5. The first kappa shape index (κ1) is 51.0. The lowest BCUT2D eigenvalue weighted by atomic mass is 9.66. The Morgan fingerprint density at radius 2 is 1.79 bits per heavy atom. The van der Waals surface area contributed by atoms with Crippen LogP contribution in [0.25, 0.3) is 0 Å². The maximum Gasteiger partial charge on any atom is 0.302 e. The molecule has 3 spiro atoms. The molecule has 9 rings (SSSR count). The molecule has 1 saturated heterocycles. The zero-order valence-corrected chi connectivity index (χ0v) is 42.0. The normalized spacial score (nSPS) is 32.1. The summed E-state index contributed by atoms with van der Waals surface area (Å²) in [4.78, 5) is 18.3. The van der Waals surface area contributed by atoms with Crippen molar-refractivity contribution >= 4 is 11.9 Å². The van der Waals surface area contributed by atoms with E-state index in [1.165, 1.54) is 40.8 Å². The van der Waals surface area contributed by atoms with Gasteiger partial charge >= 0.3 is 5.97 Å². The first-order valence-corrected chi connectivity index (χ1v) is 26.5. The van der Waals surface area contributed by atoms with E-state index in [0.717, 1.165) is 57.9 Å². The first-order chi connectivity index (χ1) is 34.1. The number of ether oxygens (including phenoxy) is 2. The van der Waals surface area contributed by atoms with Gasteiger partial charge in [-0.05, 0) is 132 Å². The Bertz CT molecular complexity index is 2490. The van der Waals surface area contributed by atoms with Gasteiger partial charge in [-0.1, -0.05) is 96.8 Å². The van der Waals surface area contributed by atoms with Gasteiger partial charge in [-0.15, -0.1) is 0 Å². The summed E-state index contributed by atoms with van der Waals surface area (Å²) in [6, 6.07) is 18.3. The second-order valence-corrected chi connectivity index (χ2v) is 22.1. The first-order valence-electron chi connectivity index (χ1n) is 26.5. The highest BCUT2D eigenvalue weighted by Crippen LogP contribution is 2.46. The minimum absolute atomic E-state index is 0.0616. The van der Waals surface area contributed by atoms with Crippen LogP contribution in [0.1, 0.15) is 142 Å². The van der Waals surface area contributed by atoms with Crippen LogP contribution in [0.3, 0.4) is 0 Å². The maximum absolute atomic E-state index is 13.0. The van der Waals surface area contributed by atoms with Crippen molar-refractivity contribution in [2.45, 2.75) is 177 Å². The average molecular weight is 972 g/mol. The number of aliphatic hydroxyl groups is 4. The van der Waals surface area contributed by atoms with Gasteiger partial charge in [0.05, 0.1) is 23.7 Å². The van der Waals surface area contributed by atoms with Crippen molar-refractivity contribution in [1.29, 1.82) is 0 Å². The second kappa shape index (κ2) is 21.6. The van der Waals surface area contributed by atoms with Crippen molar-refractivity contribution in [3.63, 3.8) is 0 Å². The summed E-state index contributed by atoms with van der Waals surface area (Å²) in [6.07, 6.45) is 9.31. The lowest BCUT2D eigenvalue weighted by Gasteiger charge is -2.43. The van der Waals surface area contributed by atoms with Crippen molar-refractivity contribution in [2.75, 3.05) is 19.6 Å². The quantitative estimate of drug-likeness (QED) is 0.0605.